The summed E-state index contributed by atoms with van der Waals surface area (Å²) in [7, 11) is 0. The Hall–Kier alpha value is -1.10. The van der Waals surface area contributed by atoms with Crippen molar-refractivity contribution < 1.29 is 19.4 Å². The Balaban J connectivity index is 3.91. The number of unbranched alkanes of at least 4 members (excludes halogenated alkanes) is 4. The molecule has 0 unspecified atom stereocenters. The van der Waals surface area contributed by atoms with Crippen molar-refractivity contribution in [2.75, 3.05) is 13.2 Å². The van der Waals surface area contributed by atoms with Gasteiger partial charge in [-0.05, 0) is 47.0 Å². The maximum atomic E-state index is 12.1. The van der Waals surface area contributed by atoms with Gasteiger partial charge in [0.1, 0.15) is 0 Å². The molecule has 0 rings (SSSR count). The minimum Gasteiger partial charge on any atom is -0.455 e. The SMILES string of the molecule is CCCCCCCNC(=O)COC(=O)C(C)(C)CCC(C)(C)O. The van der Waals surface area contributed by atoms with E-state index in [2.05, 4.69) is 12.2 Å². The van der Waals surface area contributed by atoms with E-state index in [4.69, 9.17) is 4.74 Å². The second-order valence-electron chi connectivity index (χ2n) is 7.54. The third-order valence-corrected chi connectivity index (χ3v) is 3.85. The maximum absolute atomic E-state index is 12.1. The summed E-state index contributed by atoms with van der Waals surface area (Å²) in [6.07, 6.45) is 6.69. The number of nitrogens with one attached hydrogen (secondary N) is 1. The van der Waals surface area contributed by atoms with Gasteiger partial charge in [0.25, 0.3) is 5.91 Å². The number of esters is 1. The molecule has 0 aromatic heterocycles. The van der Waals surface area contributed by atoms with Crippen molar-refractivity contribution in [2.24, 2.45) is 5.41 Å². The van der Waals surface area contributed by atoms with Crippen LogP contribution < -0.4 is 5.32 Å². The van der Waals surface area contributed by atoms with Crippen LogP contribution in [-0.4, -0.2) is 35.7 Å². The van der Waals surface area contributed by atoms with Gasteiger partial charge in [-0.3, -0.25) is 9.59 Å². The Morgan fingerprint density at radius 1 is 1.00 bits per heavy atom. The highest BCUT2D eigenvalue weighted by molar-refractivity contribution is 5.82. The Bertz CT molecular complexity index is 359. The summed E-state index contributed by atoms with van der Waals surface area (Å²) in [5.74, 6) is -0.660. The average Bonchev–Trinajstić information content (AvgIpc) is 2.45. The van der Waals surface area contributed by atoms with E-state index in [0.717, 1.165) is 12.8 Å². The molecule has 0 fully saturated rings. The van der Waals surface area contributed by atoms with Crippen LogP contribution in [-0.2, 0) is 14.3 Å². The van der Waals surface area contributed by atoms with Crippen molar-refractivity contribution in [2.45, 2.75) is 85.2 Å². The van der Waals surface area contributed by atoms with Gasteiger partial charge >= 0.3 is 5.97 Å². The van der Waals surface area contributed by atoms with E-state index in [1.165, 1.54) is 19.3 Å². The van der Waals surface area contributed by atoms with Gasteiger partial charge in [0.05, 0.1) is 11.0 Å². The first-order chi connectivity index (χ1) is 10.6. The summed E-state index contributed by atoms with van der Waals surface area (Å²) in [5, 5.41) is 12.5. The summed E-state index contributed by atoms with van der Waals surface area (Å²) >= 11 is 0. The van der Waals surface area contributed by atoms with E-state index < -0.39 is 17.0 Å². The molecule has 0 radical (unpaired) electrons. The van der Waals surface area contributed by atoms with Gasteiger partial charge in [0.15, 0.2) is 6.61 Å². The predicted molar refractivity (Wildman–Crippen MR) is 92.0 cm³/mol. The van der Waals surface area contributed by atoms with Crippen LogP contribution in [0.4, 0.5) is 0 Å². The number of hydrogen-bond acceptors (Lipinski definition) is 4. The van der Waals surface area contributed by atoms with Crippen LogP contribution in [0.15, 0.2) is 0 Å². The van der Waals surface area contributed by atoms with Crippen LogP contribution in [0.1, 0.15) is 79.6 Å². The Kier molecular flexibility index (Phi) is 10.1. The first kappa shape index (κ1) is 21.9. The molecule has 0 saturated heterocycles. The zero-order valence-corrected chi connectivity index (χ0v) is 15.5. The molecule has 1 amide bonds. The summed E-state index contributed by atoms with van der Waals surface area (Å²) in [6, 6.07) is 0. The fourth-order valence-corrected chi connectivity index (χ4v) is 2.05. The molecular weight excluding hydrogens is 294 g/mol. The number of rotatable bonds is 12. The lowest BCUT2D eigenvalue weighted by Gasteiger charge is -2.26. The molecule has 0 heterocycles. The Morgan fingerprint density at radius 2 is 1.61 bits per heavy atom. The predicted octanol–water partition coefficient (Wildman–Crippen LogP) is 3.19. The monoisotopic (exact) mass is 329 g/mol. The van der Waals surface area contributed by atoms with Crippen molar-refractivity contribution in [3.05, 3.63) is 0 Å². The molecule has 5 heteroatoms. The van der Waals surface area contributed by atoms with Gasteiger partial charge in [-0.25, -0.2) is 0 Å². The summed E-state index contributed by atoms with van der Waals surface area (Å²) in [5.41, 5.74) is -1.52. The highest BCUT2D eigenvalue weighted by Gasteiger charge is 2.31. The van der Waals surface area contributed by atoms with Crippen LogP contribution in [0.25, 0.3) is 0 Å². The van der Waals surface area contributed by atoms with E-state index in [-0.39, 0.29) is 12.5 Å². The van der Waals surface area contributed by atoms with Gasteiger partial charge in [-0.2, -0.15) is 0 Å². The van der Waals surface area contributed by atoms with Crippen molar-refractivity contribution in [1.29, 1.82) is 0 Å². The second kappa shape index (κ2) is 10.6. The largest absolute Gasteiger partial charge is 0.455 e. The number of carbonyl (C=O) groups is 2. The number of amides is 1. The van der Waals surface area contributed by atoms with Crippen LogP contribution in [0.5, 0.6) is 0 Å². The molecule has 0 aliphatic rings. The van der Waals surface area contributed by atoms with Gasteiger partial charge in [-0.1, -0.05) is 32.6 Å². The minimum atomic E-state index is -0.813. The lowest BCUT2D eigenvalue weighted by Crippen LogP contribution is -2.34. The number of aliphatic hydroxyl groups is 1. The lowest BCUT2D eigenvalue weighted by molar-refractivity contribution is -0.158. The standard InChI is InChI=1S/C18H35NO4/c1-6-7-8-9-10-13-19-15(20)14-23-16(21)17(2,3)11-12-18(4,5)22/h22H,6-14H2,1-5H3,(H,19,20). The zero-order chi connectivity index (χ0) is 17.9. The first-order valence-corrected chi connectivity index (χ1v) is 8.75. The number of carbonyl (C=O) groups excluding carboxylic acids is 2. The molecule has 2 N–H and O–H groups in total. The summed E-state index contributed by atoms with van der Waals surface area (Å²) in [4.78, 5) is 23.7. The smallest absolute Gasteiger partial charge is 0.312 e. The molecule has 0 aliphatic carbocycles. The number of hydrogen-bond donors (Lipinski definition) is 2. The Labute approximate surface area is 141 Å². The van der Waals surface area contributed by atoms with Crippen LogP contribution in [0.2, 0.25) is 0 Å². The van der Waals surface area contributed by atoms with Crippen molar-refractivity contribution in [3.63, 3.8) is 0 Å². The van der Waals surface area contributed by atoms with E-state index >= 15 is 0 Å². The van der Waals surface area contributed by atoms with Crippen LogP contribution >= 0.6 is 0 Å². The molecule has 0 aliphatic heterocycles. The summed E-state index contributed by atoms with van der Waals surface area (Å²) < 4.78 is 5.10. The molecule has 0 aromatic rings. The average molecular weight is 329 g/mol. The van der Waals surface area contributed by atoms with E-state index in [9.17, 15) is 14.7 Å². The molecule has 0 saturated carbocycles. The molecule has 0 atom stereocenters. The molecule has 136 valence electrons. The van der Waals surface area contributed by atoms with Crippen molar-refractivity contribution in [1.82, 2.24) is 5.32 Å². The minimum absolute atomic E-state index is 0.236. The normalized spacial score (nSPS) is 12.1. The van der Waals surface area contributed by atoms with Crippen LogP contribution in [0, 0.1) is 5.41 Å². The van der Waals surface area contributed by atoms with Crippen LogP contribution in [0.3, 0.4) is 0 Å². The fourth-order valence-electron chi connectivity index (χ4n) is 2.05. The zero-order valence-electron chi connectivity index (χ0n) is 15.5. The molecule has 0 aromatic carbocycles. The molecule has 23 heavy (non-hydrogen) atoms. The van der Waals surface area contributed by atoms with E-state index in [0.29, 0.717) is 19.4 Å². The Morgan fingerprint density at radius 3 is 2.17 bits per heavy atom. The molecule has 5 nitrogen and oxygen atoms in total. The summed E-state index contributed by atoms with van der Waals surface area (Å²) in [6.45, 7) is 9.52. The van der Waals surface area contributed by atoms with Gasteiger partial charge in [0.2, 0.25) is 0 Å². The van der Waals surface area contributed by atoms with Crippen molar-refractivity contribution in [3.8, 4) is 0 Å². The fraction of sp³-hybridized carbons (Fsp3) is 0.889. The van der Waals surface area contributed by atoms with Crippen molar-refractivity contribution >= 4 is 11.9 Å². The molecular formula is C18H35NO4. The lowest BCUT2D eigenvalue weighted by atomic mass is 9.84. The third-order valence-electron chi connectivity index (χ3n) is 3.85. The maximum Gasteiger partial charge on any atom is 0.312 e. The quantitative estimate of drug-likeness (QED) is 0.426. The van der Waals surface area contributed by atoms with E-state index in [1.54, 1.807) is 27.7 Å². The highest BCUT2D eigenvalue weighted by Crippen LogP contribution is 2.27. The third kappa shape index (κ3) is 12.0. The van der Waals surface area contributed by atoms with Gasteiger partial charge in [0, 0.05) is 6.54 Å². The molecule has 0 spiro atoms. The second-order valence-corrected chi connectivity index (χ2v) is 7.54. The van der Waals surface area contributed by atoms with Gasteiger partial charge < -0.3 is 15.2 Å². The topological polar surface area (TPSA) is 75.6 Å². The van der Waals surface area contributed by atoms with Gasteiger partial charge in [-0.15, -0.1) is 0 Å². The first-order valence-electron chi connectivity index (χ1n) is 8.75. The van der Waals surface area contributed by atoms with E-state index in [1.807, 2.05) is 0 Å². The number of ether oxygens (including phenoxy) is 1. The molecule has 0 bridgehead atoms. The highest BCUT2D eigenvalue weighted by atomic mass is 16.5.